The highest BCUT2D eigenvalue weighted by Gasteiger charge is 2.10. The van der Waals surface area contributed by atoms with Gasteiger partial charge in [-0.1, -0.05) is 17.7 Å². The van der Waals surface area contributed by atoms with Gasteiger partial charge >= 0.3 is 0 Å². The maximum absolute atomic E-state index is 13.5. The average molecular weight is 277 g/mol. The van der Waals surface area contributed by atoms with Crippen molar-refractivity contribution in [3.8, 4) is 5.75 Å². The first kappa shape index (κ1) is 15.2. The van der Waals surface area contributed by atoms with Gasteiger partial charge in [0.2, 0.25) is 0 Å². The van der Waals surface area contributed by atoms with Gasteiger partial charge in [-0.15, -0.1) is 0 Å². The zero-order chi connectivity index (χ0) is 13.4. The van der Waals surface area contributed by atoms with Crippen molar-refractivity contribution in [3.63, 3.8) is 0 Å². The molecule has 102 valence electrons. The molecule has 0 N–H and O–H groups in total. The van der Waals surface area contributed by atoms with Crippen molar-refractivity contribution in [2.75, 3.05) is 19.8 Å². The summed E-state index contributed by atoms with van der Waals surface area (Å²) in [4.78, 5) is 0. The lowest BCUT2D eigenvalue weighted by atomic mass is 10.3. The van der Waals surface area contributed by atoms with E-state index in [9.17, 15) is 4.39 Å². The van der Waals surface area contributed by atoms with Crippen LogP contribution in [-0.4, -0.2) is 26.1 Å². The van der Waals surface area contributed by atoms with Crippen LogP contribution in [0.2, 0.25) is 5.02 Å². The van der Waals surface area contributed by atoms with Crippen molar-refractivity contribution in [1.82, 2.24) is 0 Å². The van der Waals surface area contributed by atoms with Crippen LogP contribution in [0.25, 0.3) is 0 Å². The summed E-state index contributed by atoms with van der Waals surface area (Å²) in [5.41, 5.74) is 0. The van der Waals surface area contributed by atoms with Crippen LogP contribution in [0, 0.1) is 5.82 Å². The highest BCUT2D eigenvalue weighted by atomic mass is 35.5. The summed E-state index contributed by atoms with van der Waals surface area (Å²) in [6, 6.07) is 4.66. The summed E-state index contributed by atoms with van der Waals surface area (Å²) >= 11 is 5.65. The fraction of sp³-hybridized carbons (Fsp3) is 0.538. The third kappa shape index (κ3) is 4.80. The lowest BCUT2D eigenvalue weighted by Crippen LogP contribution is -2.20. The smallest absolute Gasteiger partial charge is 0.183 e. The van der Waals surface area contributed by atoms with Crippen molar-refractivity contribution in [2.24, 2.45) is 0 Å². The molecule has 0 atom stereocenters. The quantitative estimate of drug-likeness (QED) is 0.679. The van der Waals surface area contributed by atoms with Gasteiger partial charge in [-0.05, 0) is 26.0 Å². The van der Waals surface area contributed by atoms with Crippen molar-refractivity contribution in [3.05, 3.63) is 29.0 Å². The van der Waals surface area contributed by atoms with Crippen molar-refractivity contribution in [2.45, 2.75) is 26.6 Å². The Morgan fingerprint density at radius 2 is 1.89 bits per heavy atom. The van der Waals surface area contributed by atoms with E-state index in [-0.39, 0.29) is 17.1 Å². The van der Waals surface area contributed by atoms with Crippen LogP contribution >= 0.6 is 11.6 Å². The second kappa shape index (κ2) is 8.29. The minimum absolute atomic E-state index is 0.0543. The first-order chi connectivity index (χ1) is 8.69. The molecule has 1 aromatic rings. The molecule has 0 aliphatic rings. The van der Waals surface area contributed by atoms with Crippen molar-refractivity contribution >= 4 is 11.6 Å². The monoisotopic (exact) mass is 276 g/mol. The fourth-order valence-electron chi connectivity index (χ4n) is 1.45. The van der Waals surface area contributed by atoms with E-state index in [0.29, 0.717) is 26.2 Å². The van der Waals surface area contributed by atoms with E-state index in [1.54, 1.807) is 6.07 Å². The topological polar surface area (TPSA) is 27.7 Å². The Morgan fingerprint density at radius 3 is 2.50 bits per heavy atom. The molecule has 3 nitrogen and oxygen atoms in total. The molecule has 5 heteroatoms. The third-order valence-electron chi connectivity index (χ3n) is 2.23. The van der Waals surface area contributed by atoms with Gasteiger partial charge < -0.3 is 14.2 Å². The Morgan fingerprint density at radius 1 is 1.22 bits per heavy atom. The van der Waals surface area contributed by atoms with E-state index in [0.717, 1.165) is 0 Å². The number of rotatable bonds is 8. The minimum atomic E-state index is -0.538. The van der Waals surface area contributed by atoms with Crippen LogP contribution in [0.3, 0.4) is 0 Å². The summed E-state index contributed by atoms with van der Waals surface area (Å²) in [6.07, 6.45) is 0.218. The molecule has 0 amide bonds. The summed E-state index contributed by atoms with van der Waals surface area (Å²) in [5.74, 6) is -0.391. The molecule has 18 heavy (non-hydrogen) atoms. The van der Waals surface area contributed by atoms with Gasteiger partial charge in [-0.2, -0.15) is 0 Å². The molecule has 0 aliphatic carbocycles. The Hall–Kier alpha value is -0.840. The Balaban J connectivity index is 2.42. The molecular formula is C13H18ClFO3. The lowest BCUT2D eigenvalue weighted by molar-refractivity contribution is -0.142. The fourth-order valence-corrected chi connectivity index (χ4v) is 1.61. The molecule has 1 aromatic carbocycles. The molecule has 0 heterocycles. The molecule has 0 aromatic heterocycles. The third-order valence-corrected chi connectivity index (χ3v) is 2.52. The van der Waals surface area contributed by atoms with E-state index < -0.39 is 5.82 Å². The number of hydrogen-bond donors (Lipinski definition) is 0. The van der Waals surface area contributed by atoms with Crippen LogP contribution in [0.5, 0.6) is 5.75 Å². The number of ether oxygens (including phenoxy) is 3. The van der Waals surface area contributed by atoms with Gasteiger partial charge in [0.1, 0.15) is 0 Å². The number of benzene rings is 1. The molecule has 0 radical (unpaired) electrons. The zero-order valence-corrected chi connectivity index (χ0v) is 11.4. The number of halogens is 2. The predicted molar refractivity (Wildman–Crippen MR) is 68.6 cm³/mol. The Kier molecular flexibility index (Phi) is 7.01. The molecular weight excluding hydrogens is 259 g/mol. The largest absolute Gasteiger partial charge is 0.490 e. The summed E-state index contributed by atoms with van der Waals surface area (Å²) in [6.45, 7) is 5.22. The molecule has 0 spiro atoms. The van der Waals surface area contributed by atoms with Gasteiger partial charge in [0.25, 0.3) is 0 Å². The Bertz CT molecular complexity index is 354. The van der Waals surface area contributed by atoms with Gasteiger partial charge in [-0.3, -0.25) is 0 Å². The number of hydrogen-bond acceptors (Lipinski definition) is 3. The Labute approximate surface area is 112 Å². The average Bonchev–Trinajstić information content (AvgIpc) is 2.35. The molecule has 0 fully saturated rings. The van der Waals surface area contributed by atoms with Crippen LogP contribution in [0.1, 0.15) is 20.3 Å². The zero-order valence-electron chi connectivity index (χ0n) is 10.6. The van der Waals surface area contributed by atoms with Crippen LogP contribution < -0.4 is 4.74 Å². The highest BCUT2D eigenvalue weighted by molar-refractivity contribution is 6.30. The molecule has 0 saturated carbocycles. The van der Waals surface area contributed by atoms with Gasteiger partial charge in [0, 0.05) is 19.6 Å². The van der Waals surface area contributed by atoms with Crippen LogP contribution in [-0.2, 0) is 9.47 Å². The van der Waals surface area contributed by atoms with E-state index in [1.165, 1.54) is 12.1 Å². The predicted octanol–water partition coefficient (Wildman–Crippen LogP) is 3.65. The van der Waals surface area contributed by atoms with Crippen LogP contribution in [0.4, 0.5) is 4.39 Å². The second-order valence-electron chi connectivity index (χ2n) is 3.53. The van der Waals surface area contributed by atoms with Gasteiger partial charge in [-0.25, -0.2) is 4.39 Å². The van der Waals surface area contributed by atoms with E-state index in [4.69, 9.17) is 25.8 Å². The molecule has 1 rings (SSSR count). The van der Waals surface area contributed by atoms with Gasteiger partial charge in [0.15, 0.2) is 17.9 Å². The van der Waals surface area contributed by atoms with E-state index >= 15 is 0 Å². The first-order valence-corrected chi connectivity index (χ1v) is 6.36. The van der Waals surface area contributed by atoms with Crippen molar-refractivity contribution in [1.29, 1.82) is 0 Å². The lowest BCUT2D eigenvalue weighted by Gasteiger charge is -2.17. The summed E-state index contributed by atoms with van der Waals surface area (Å²) in [5, 5.41) is 0.0543. The molecule has 0 aliphatic heterocycles. The first-order valence-electron chi connectivity index (χ1n) is 5.99. The second-order valence-corrected chi connectivity index (χ2v) is 3.94. The minimum Gasteiger partial charge on any atom is -0.490 e. The van der Waals surface area contributed by atoms with E-state index in [2.05, 4.69) is 0 Å². The SMILES string of the molecule is CCOC(CCOc1cccc(Cl)c1F)OCC. The van der Waals surface area contributed by atoms with Crippen LogP contribution in [0.15, 0.2) is 18.2 Å². The highest BCUT2D eigenvalue weighted by Crippen LogP contribution is 2.24. The standard InChI is InChI=1S/C13H18ClFO3/c1-3-16-12(17-4-2)8-9-18-11-7-5-6-10(14)13(11)15/h5-7,12H,3-4,8-9H2,1-2H3. The molecule has 0 bridgehead atoms. The van der Waals surface area contributed by atoms with E-state index in [1.807, 2.05) is 13.8 Å². The maximum atomic E-state index is 13.5. The summed E-state index contributed by atoms with van der Waals surface area (Å²) < 4.78 is 29.5. The maximum Gasteiger partial charge on any atom is 0.183 e. The van der Waals surface area contributed by atoms with Gasteiger partial charge in [0.05, 0.1) is 11.6 Å². The molecule has 0 saturated heterocycles. The normalized spacial score (nSPS) is 10.9. The van der Waals surface area contributed by atoms with Crippen molar-refractivity contribution < 1.29 is 18.6 Å². The summed E-state index contributed by atoms with van der Waals surface area (Å²) in [7, 11) is 0. The molecule has 0 unspecified atom stereocenters.